The maximum absolute atomic E-state index is 13.8. The van der Waals surface area contributed by atoms with Crippen molar-refractivity contribution in [1.82, 2.24) is 9.47 Å². The zero-order chi connectivity index (χ0) is 27.6. The fraction of sp³-hybridized carbons (Fsp3) is 0.118. The standard InChI is InChI=1S/C34H29N3O2S/c1-23-20-27(24(2)37(23)31-15-9-11-26-10-7-8-14-30(26)31)21-32-33(38)36(22-25-16-18-29(39-3)19-17-25)34(40-32)35-28-12-5-4-6-13-28/h4-21H,22H2,1-3H3. The van der Waals surface area contributed by atoms with E-state index < -0.39 is 0 Å². The summed E-state index contributed by atoms with van der Waals surface area (Å²) in [5, 5.41) is 3.06. The average molecular weight is 544 g/mol. The molecule has 0 unspecified atom stereocenters. The summed E-state index contributed by atoms with van der Waals surface area (Å²) >= 11 is 1.42. The van der Waals surface area contributed by atoms with Crippen molar-refractivity contribution in [1.29, 1.82) is 0 Å². The van der Waals surface area contributed by atoms with Crippen LogP contribution in [0, 0.1) is 13.8 Å². The number of aliphatic imine (C=N–C) groups is 1. The third kappa shape index (κ3) is 4.94. The molecule has 0 aliphatic carbocycles. The van der Waals surface area contributed by atoms with E-state index in [2.05, 4.69) is 66.9 Å². The zero-order valence-corrected chi connectivity index (χ0v) is 23.5. The first kappa shape index (κ1) is 25.7. The van der Waals surface area contributed by atoms with E-state index in [0.717, 1.165) is 39.6 Å². The molecule has 5 nitrogen and oxygen atoms in total. The number of aryl methyl sites for hydroxylation is 1. The average Bonchev–Trinajstić information content (AvgIpc) is 3.42. The molecule has 6 rings (SSSR count). The highest BCUT2D eigenvalue weighted by Gasteiger charge is 2.34. The Bertz CT molecular complexity index is 1760. The number of methoxy groups -OCH3 is 1. The van der Waals surface area contributed by atoms with E-state index in [9.17, 15) is 4.79 Å². The largest absolute Gasteiger partial charge is 0.497 e. The molecule has 5 aromatic rings. The van der Waals surface area contributed by atoms with Gasteiger partial charge < -0.3 is 9.30 Å². The lowest BCUT2D eigenvalue weighted by Gasteiger charge is -2.16. The Kier molecular flexibility index (Phi) is 7.01. The van der Waals surface area contributed by atoms with Crippen LogP contribution in [-0.2, 0) is 11.3 Å². The SMILES string of the molecule is COc1ccc(CN2C(=O)C(=Cc3cc(C)n(-c4cccc5ccccc45)c3C)SC2=Nc2ccccc2)cc1. The van der Waals surface area contributed by atoms with Gasteiger partial charge >= 0.3 is 0 Å². The van der Waals surface area contributed by atoms with Crippen LogP contribution in [0.25, 0.3) is 22.5 Å². The molecule has 0 N–H and O–H groups in total. The smallest absolute Gasteiger partial charge is 0.267 e. The lowest BCUT2D eigenvalue weighted by molar-refractivity contribution is -0.122. The first-order chi connectivity index (χ1) is 19.5. The van der Waals surface area contributed by atoms with Gasteiger partial charge in [-0.05, 0) is 84.6 Å². The van der Waals surface area contributed by atoms with Gasteiger partial charge in [0.1, 0.15) is 5.75 Å². The lowest BCUT2D eigenvalue weighted by atomic mass is 10.1. The summed E-state index contributed by atoms with van der Waals surface area (Å²) in [6, 6.07) is 34.5. The van der Waals surface area contributed by atoms with E-state index in [-0.39, 0.29) is 5.91 Å². The molecule has 0 spiro atoms. The van der Waals surface area contributed by atoms with Gasteiger partial charge in [-0.15, -0.1) is 0 Å². The first-order valence-corrected chi connectivity index (χ1v) is 14.0. The third-order valence-electron chi connectivity index (χ3n) is 7.13. The number of aromatic nitrogens is 1. The maximum Gasteiger partial charge on any atom is 0.267 e. The second-order valence-corrected chi connectivity index (χ2v) is 10.7. The predicted molar refractivity (Wildman–Crippen MR) is 165 cm³/mol. The first-order valence-electron chi connectivity index (χ1n) is 13.2. The summed E-state index contributed by atoms with van der Waals surface area (Å²) in [7, 11) is 1.65. The quantitative estimate of drug-likeness (QED) is 0.204. The summed E-state index contributed by atoms with van der Waals surface area (Å²) in [6.45, 7) is 4.64. The summed E-state index contributed by atoms with van der Waals surface area (Å²) < 4.78 is 7.57. The predicted octanol–water partition coefficient (Wildman–Crippen LogP) is 8.06. The lowest BCUT2D eigenvalue weighted by Crippen LogP contribution is -2.28. The highest BCUT2D eigenvalue weighted by atomic mass is 32.2. The molecule has 4 aromatic carbocycles. The van der Waals surface area contributed by atoms with Crippen LogP contribution < -0.4 is 4.74 Å². The zero-order valence-electron chi connectivity index (χ0n) is 22.7. The number of hydrogen-bond acceptors (Lipinski definition) is 4. The van der Waals surface area contributed by atoms with E-state index in [1.54, 1.807) is 12.0 Å². The van der Waals surface area contributed by atoms with Gasteiger partial charge in [0.15, 0.2) is 5.17 Å². The van der Waals surface area contributed by atoms with Crippen LogP contribution in [0.1, 0.15) is 22.5 Å². The minimum absolute atomic E-state index is 0.0505. The van der Waals surface area contributed by atoms with Gasteiger partial charge in [-0.1, -0.05) is 66.7 Å². The number of benzene rings is 4. The molecule has 0 atom stereocenters. The minimum Gasteiger partial charge on any atom is -0.497 e. The van der Waals surface area contributed by atoms with Crippen LogP contribution in [0.5, 0.6) is 5.75 Å². The van der Waals surface area contributed by atoms with E-state index in [1.165, 1.54) is 22.5 Å². The molecule has 1 aromatic heterocycles. The molecule has 198 valence electrons. The van der Waals surface area contributed by atoms with Gasteiger partial charge in [-0.2, -0.15) is 0 Å². The number of para-hydroxylation sites is 1. The van der Waals surface area contributed by atoms with Crippen LogP contribution in [-0.4, -0.2) is 27.7 Å². The van der Waals surface area contributed by atoms with Gasteiger partial charge in [-0.3, -0.25) is 9.69 Å². The molecule has 0 bridgehead atoms. The number of fused-ring (bicyclic) bond motifs is 1. The van der Waals surface area contributed by atoms with Gasteiger partial charge in [0.05, 0.1) is 29.9 Å². The number of carbonyl (C=O) groups excluding carboxylic acids is 1. The number of hydrogen-bond donors (Lipinski definition) is 0. The molecular weight excluding hydrogens is 514 g/mol. The van der Waals surface area contributed by atoms with Crippen molar-refractivity contribution in [2.24, 2.45) is 4.99 Å². The Morgan fingerprint density at radius 3 is 2.38 bits per heavy atom. The van der Waals surface area contributed by atoms with Crippen molar-refractivity contribution in [3.05, 3.63) is 131 Å². The molecule has 1 saturated heterocycles. The number of nitrogens with zero attached hydrogens (tertiary/aromatic N) is 3. The van der Waals surface area contributed by atoms with Crippen LogP contribution in [0.2, 0.25) is 0 Å². The Hall–Kier alpha value is -4.55. The van der Waals surface area contributed by atoms with Crippen molar-refractivity contribution in [3.63, 3.8) is 0 Å². The molecule has 1 aliphatic rings. The van der Waals surface area contributed by atoms with Gasteiger partial charge in [0, 0.05) is 16.8 Å². The second kappa shape index (κ2) is 10.9. The second-order valence-electron chi connectivity index (χ2n) is 9.74. The van der Waals surface area contributed by atoms with E-state index in [0.29, 0.717) is 16.6 Å². The Morgan fingerprint density at radius 2 is 1.60 bits per heavy atom. The van der Waals surface area contributed by atoms with Crippen LogP contribution in [0.4, 0.5) is 5.69 Å². The van der Waals surface area contributed by atoms with Gasteiger partial charge in [0.25, 0.3) is 5.91 Å². The van der Waals surface area contributed by atoms with Crippen LogP contribution in [0.15, 0.2) is 113 Å². The molecule has 40 heavy (non-hydrogen) atoms. The summed E-state index contributed by atoms with van der Waals surface area (Å²) in [5.41, 5.74) is 6.18. The van der Waals surface area contributed by atoms with Crippen LogP contribution >= 0.6 is 11.8 Å². The Morgan fingerprint density at radius 1 is 0.875 bits per heavy atom. The van der Waals surface area contributed by atoms with Gasteiger partial charge in [-0.25, -0.2) is 4.99 Å². The van der Waals surface area contributed by atoms with Crippen LogP contribution in [0.3, 0.4) is 0 Å². The van der Waals surface area contributed by atoms with Crippen molar-refractivity contribution in [3.8, 4) is 11.4 Å². The number of thioether (sulfide) groups is 1. The summed E-state index contributed by atoms with van der Waals surface area (Å²) in [6.07, 6.45) is 2.01. The molecule has 2 heterocycles. The number of carbonyl (C=O) groups is 1. The fourth-order valence-electron chi connectivity index (χ4n) is 5.11. The monoisotopic (exact) mass is 543 g/mol. The number of ether oxygens (including phenoxy) is 1. The van der Waals surface area contributed by atoms with Gasteiger partial charge in [0.2, 0.25) is 0 Å². The molecule has 0 saturated carbocycles. The highest BCUT2D eigenvalue weighted by molar-refractivity contribution is 8.18. The number of amides is 1. The van der Waals surface area contributed by atoms with Crippen molar-refractivity contribution in [2.75, 3.05) is 7.11 Å². The van der Waals surface area contributed by atoms with E-state index >= 15 is 0 Å². The highest BCUT2D eigenvalue weighted by Crippen LogP contribution is 2.37. The Labute approximate surface area is 238 Å². The van der Waals surface area contributed by atoms with Crippen molar-refractivity contribution >= 4 is 45.4 Å². The normalized spacial score (nSPS) is 15.5. The number of rotatable bonds is 6. The topological polar surface area (TPSA) is 46.8 Å². The molecule has 0 radical (unpaired) electrons. The molecule has 1 amide bonds. The van der Waals surface area contributed by atoms with Crippen molar-refractivity contribution in [2.45, 2.75) is 20.4 Å². The summed E-state index contributed by atoms with van der Waals surface area (Å²) in [5.74, 6) is 0.733. The molecule has 1 aliphatic heterocycles. The molecule has 6 heteroatoms. The maximum atomic E-state index is 13.8. The minimum atomic E-state index is -0.0505. The third-order valence-corrected chi connectivity index (χ3v) is 8.14. The molecular formula is C34H29N3O2S. The fourth-order valence-corrected chi connectivity index (χ4v) is 6.10. The summed E-state index contributed by atoms with van der Waals surface area (Å²) in [4.78, 5) is 21.1. The Balaban J connectivity index is 1.38. The molecule has 1 fully saturated rings. The van der Waals surface area contributed by atoms with Crippen molar-refractivity contribution < 1.29 is 9.53 Å². The van der Waals surface area contributed by atoms with E-state index in [1.807, 2.05) is 60.7 Å². The van der Waals surface area contributed by atoms with E-state index in [4.69, 9.17) is 9.73 Å². The number of amidine groups is 1.